The van der Waals surface area contributed by atoms with E-state index < -0.39 is 0 Å². The zero-order valence-corrected chi connectivity index (χ0v) is 17.5. The van der Waals surface area contributed by atoms with Gasteiger partial charge in [0.25, 0.3) is 0 Å². The molecule has 1 aliphatic rings. The average molecular weight is 430 g/mol. The van der Waals surface area contributed by atoms with Crippen molar-refractivity contribution in [3.63, 3.8) is 0 Å². The van der Waals surface area contributed by atoms with Crippen molar-refractivity contribution in [2.24, 2.45) is 0 Å². The molecule has 0 radical (unpaired) electrons. The van der Waals surface area contributed by atoms with E-state index in [0.29, 0.717) is 11.5 Å². The smallest absolute Gasteiger partial charge is 0.170 e. The monoisotopic (exact) mass is 429 g/mol. The summed E-state index contributed by atoms with van der Waals surface area (Å²) in [7, 11) is 0. The molecule has 158 valence electrons. The fourth-order valence-electron chi connectivity index (χ4n) is 4.25. The fourth-order valence-corrected chi connectivity index (χ4v) is 4.25. The zero-order valence-electron chi connectivity index (χ0n) is 16.7. The maximum absolute atomic E-state index is 13.3. The molecule has 8 heteroatoms. The first-order valence-electron chi connectivity index (χ1n) is 10.3. The quantitative estimate of drug-likeness (QED) is 0.412. The van der Waals surface area contributed by atoms with Gasteiger partial charge in [0.15, 0.2) is 5.58 Å². The van der Waals surface area contributed by atoms with E-state index in [0.717, 1.165) is 74.0 Å². The number of aryl methyl sites for hydroxylation is 1. The average Bonchev–Trinajstić information content (AvgIpc) is 3.35. The van der Waals surface area contributed by atoms with Crippen LogP contribution in [0.5, 0.6) is 0 Å². The maximum Gasteiger partial charge on any atom is 0.170 e. The number of hydrogen-bond donors (Lipinski definition) is 0. The Balaban J connectivity index is 0.00000218. The van der Waals surface area contributed by atoms with Crippen LogP contribution in [0.3, 0.4) is 0 Å². The Hall–Kier alpha value is -2.51. The van der Waals surface area contributed by atoms with Gasteiger partial charge in [-0.15, -0.1) is 12.4 Å². The molecule has 0 aliphatic carbocycles. The van der Waals surface area contributed by atoms with Crippen LogP contribution in [0.25, 0.3) is 22.0 Å². The number of aromatic nitrogens is 4. The second kappa shape index (κ2) is 9.10. The van der Waals surface area contributed by atoms with Crippen molar-refractivity contribution >= 4 is 34.4 Å². The molecule has 1 fully saturated rings. The molecular weight excluding hydrogens is 405 g/mol. The first-order chi connectivity index (χ1) is 14.3. The molecule has 5 rings (SSSR count). The van der Waals surface area contributed by atoms with Crippen LogP contribution in [-0.4, -0.2) is 44.7 Å². The minimum atomic E-state index is -0.284. The second-order valence-electron chi connectivity index (χ2n) is 7.82. The Morgan fingerprint density at radius 2 is 1.67 bits per heavy atom. The van der Waals surface area contributed by atoms with E-state index in [4.69, 9.17) is 4.52 Å². The van der Waals surface area contributed by atoms with Crippen molar-refractivity contribution < 1.29 is 8.91 Å². The van der Waals surface area contributed by atoms with Crippen molar-refractivity contribution in [3.05, 3.63) is 54.0 Å². The number of nitrogens with zero attached hydrogens (tertiary/aromatic N) is 5. The molecule has 0 atom stereocenters. The molecule has 0 N–H and O–H groups in total. The van der Waals surface area contributed by atoms with Gasteiger partial charge in [-0.1, -0.05) is 17.3 Å². The molecule has 1 saturated heterocycles. The van der Waals surface area contributed by atoms with Gasteiger partial charge >= 0.3 is 0 Å². The van der Waals surface area contributed by atoms with Crippen LogP contribution in [0.15, 0.2) is 47.0 Å². The molecule has 0 amide bonds. The Morgan fingerprint density at radius 1 is 0.967 bits per heavy atom. The molecule has 0 bridgehead atoms. The highest BCUT2D eigenvalue weighted by molar-refractivity contribution is 5.85. The third-order valence-electron chi connectivity index (χ3n) is 5.85. The Kier molecular flexibility index (Phi) is 6.29. The van der Waals surface area contributed by atoms with Crippen LogP contribution >= 0.6 is 12.4 Å². The summed E-state index contributed by atoms with van der Waals surface area (Å²) in [5.74, 6) is 0.104. The van der Waals surface area contributed by atoms with Crippen molar-refractivity contribution in [1.29, 1.82) is 0 Å². The Morgan fingerprint density at radius 3 is 2.40 bits per heavy atom. The van der Waals surface area contributed by atoms with E-state index >= 15 is 0 Å². The number of rotatable bonds is 6. The molecule has 4 aromatic rings. The van der Waals surface area contributed by atoms with Crippen molar-refractivity contribution in [2.45, 2.75) is 38.1 Å². The second-order valence-corrected chi connectivity index (χ2v) is 7.82. The minimum absolute atomic E-state index is 0. The van der Waals surface area contributed by atoms with Gasteiger partial charge in [0.2, 0.25) is 0 Å². The molecule has 6 nitrogen and oxygen atoms in total. The van der Waals surface area contributed by atoms with Gasteiger partial charge in [0.1, 0.15) is 16.9 Å². The largest absolute Gasteiger partial charge is 0.356 e. The molecule has 1 aliphatic heterocycles. The third kappa shape index (κ3) is 4.32. The molecule has 2 aromatic carbocycles. The van der Waals surface area contributed by atoms with Crippen molar-refractivity contribution in [2.75, 3.05) is 19.6 Å². The molecular formula is C22H25ClFN5O. The number of benzene rings is 2. The summed E-state index contributed by atoms with van der Waals surface area (Å²) in [5, 5.41) is 14.2. The lowest BCUT2D eigenvalue weighted by atomic mass is 9.91. The topological polar surface area (TPSA) is 60.0 Å². The van der Waals surface area contributed by atoms with Gasteiger partial charge < -0.3 is 9.42 Å². The van der Waals surface area contributed by atoms with E-state index in [1.807, 2.05) is 29.1 Å². The summed E-state index contributed by atoms with van der Waals surface area (Å²) >= 11 is 0. The third-order valence-corrected chi connectivity index (χ3v) is 5.85. The lowest BCUT2D eigenvalue weighted by molar-refractivity contribution is 0.204. The molecule has 0 spiro atoms. The van der Waals surface area contributed by atoms with Crippen LogP contribution in [0.1, 0.15) is 37.3 Å². The van der Waals surface area contributed by atoms with E-state index in [1.165, 1.54) is 12.1 Å². The molecule has 30 heavy (non-hydrogen) atoms. The van der Waals surface area contributed by atoms with Crippen LogP contribution in [0, 0.1) is 5.82 Å². The normalized spacial score (nSPS) is 15.6. The van der Waals surface area contributed by atoms with Gasteiger partial charge in [-0.2, -0.15) is 15.0 Å². The highest BCUT2D eigenvalue weighted by atomic mass is 35.5. The van der Waals surface area contributed by atoms with Crippen molar-refractivity contribution in [1.82, 2.24) is 25.1 Å². The summed E-state index contributed by atoms with van der Waals surface area (Å²) in [6.45, 7) is 4.07. The van der Waals surface area contributed by atoms with Crippen LogP contribution in [0.4, 0.5) is 4.39 Å². The van der Waals surface area contributed by atoms with E-state index in [-0.39, 0.29) is 18.2 Å². The van der Waals surface area contributed by atoms with E-state index in [1.54, 1.807) is 6.07 Å². The maximum atomic E-state index is 13.3. The summed E-state index contributed by atoms with van der Waals surface area (Å²) < 4.78 is 18.7. The number of fused-ring (bicyclic) bond motifs is 2. The number of unbranched alkanes of at least 4 members (excludes halogenated alkanes) is 1. The molecule has 3 heterocycles. The van der Waals surface area contributed by atoms with Crippen LogP contribution < -0.4 is 0 Å². The predicted octanol–water partition coefficient (Wildman–Crippen LogP) is 4.79. The minimum Gasteiger partial charge on any atom is -0.356 e. The van der Waals surface area contributed by atoms with Gasteiger partial charge in [-0.25, -0.2) is 4.39 Å². The lowest BCUT2D eigenvalue weighted by Crippen LogP contribution is -2.33. The summed E-state index contributed by atoms with van der Waals surface area (Å²) in [6, 6.07) is 12.7. The number of likely N-dealkylation sites (tertiary alicyclic amines) is 1. The van der Waals surface area contributed by atoms with Gasteiger partial charge in [-0.05, 0) is 69.6 Å². The first-order valence-corrected chi connectivity index (χ1v) is 10.3. The number of hydrogen-bond acceptors (Lipinski definition) is 5. The van der Waals surface area contributed by atoms with Gasteiger partial charge in [0, 0.05) is 17.4 Å². The van der Waals surface area contributed by atoms with Crippen LogP contribution in [-0.2, 0) is 6.54 Å². The zero-order chi connectivity index (χ0) is 19.6. The Bertz CT molecular complexity index is 1090. The summed E-state index contributed by atoms with van der Waals surface area (Å²) in [6.07, 6.45) is 4.32. The lowest BCUT2D eigenvalue weighted by Gasteiger charge is -2.31. The standard InChI is InChI=1S/C22H24FN5O.ClH/c23-17-7-8-18-21(15-17)29-26-22(18)16-9-13-27(14-10-16)11-3-4-12-28-24-19-5-1-2-6-20(19)25-28;/h1-2,5-8,15-16H,3-4,9-14H2;1H. The van der Waals surface area contributed by atoms with E-state index in [2.05, 4.69) is 20.3 Å². The highest BCUT2D eigenvalue weighted by Crippen LogP contribution is 2.32. The SMILES string of the molecule is Cl.Fc1ccc2c(C3CCN(CCCCn4nc5ccccc5n4)CC3)noc2c1. The Labute approximate surface area is 180 Å². The predicted molar refractivity (Wildman–Crippen MR) is 116 cm³/mol. The summed E-state index contributed by atoms with van der Waals surface area (Å²) in [4.78, 5) is 4.33. The van der Waals surface area contributed by atoms with Gasteiger partial charge in [-0.3, -0.25) is 0 Å². The molecule has 0 unspecified atom stereocenters. The van der Waals surface area contributed by atoms with Gasteiger partial charge in [0.05, 0.1) is 12.2 Å². The number of halogens is 2. The number of piperidine rings is 1. The fraction of sp³-hybridized carbons (Fsp3) is 0.409. The first kappa shape index (κ1) is 20.8. The molecule has 2 aromatic heterocycles. The summed E-state index contributed by atoms with van der Waals surface area (Å²) in [5.41, 5.74) is 3.44. The highest BCUT2D eigenvalue weighted by Gasteiger charge is 2.24. The van der Waals surface area contributed by atoms with E-state index in [9.17, 15) is 4.39 Å². The van der Waals surface area contributed by atoms with Crippen molar-refractivity contribution in [3.8, 4) is 0 Å². The van der Waals surface area contributed by atoms with Crippen LogP contribution in [0.2, 0.25) is 0 Å². The molecule has 0 saturated carbocycles.